The third-order valence-electron chi connectivity index (χ3n) is 4.16. The van der Waals surface area contributed by atoms with Crippen LogP contribution in [0.4, 0.5) is 0 Å². The van der Waals surface area contributed by atoms with Crippen molar-refractivity contribution in [2.45, 2.75) is 25.2 Å². The third kappa shape index (κ3) is 5.21. The molecule has 1 saturated heterocycles. The highest BCUT2D eigenvalue weighted by molar-refractivity contribution is 7.52. The predicted molar refractivity (Wildman–Crippen MR) is 100 cm³/mol. The Balaban J connectivity index is 1.61. The average Bonchev–Trinajstić information content (AvgIpc) is 3.32. The van der Waals surface area contributed by atoms with Crippen LogP contribution in [0.3, 0.4) is 0 Å². The predicted octanol–water partition coefficient (Wildman–Crippen LogP) is 1.36. The zero-order chi connectivity index (χ0) is 20.9. The molecule has 1 aliphatic heterocycles. The fraction of sp³-hybridized carbons (Fsp3) is 0.353. The summed E-state index contributed by atoms with van der Waals surface area (Å²) in [5, 5.41) is 12.5. The van der Waals surface area contributed by atoms with Gasteiger partial charge in [0.25, 0.3) is 5.91 Å². The number of nitrogens with one attached hydrogen (secondary N) is 1. The van der Waals surface area contributed by atoms with Gasteiger partial charge in [0, 0.05) is 0 Å². The van der Waals surface area contributed by atoms with E-state index in [0.29, 0.717) is 24.9 Å². The van der Waals surface area contributed by atoms with E-state index >= 15 is 0 Å². The van der Waals surface area contributed by atoms with Gasteiger partial charge in [-0.15, -0.1) is 0 Å². The van der Waals surface area contributed by atoms with Crippen molar-refractivity contribution in [3.63, 3.8) is 0 Å². The lowest BCUT2D eigenvalue weighted by molar-refractivity contribution is -0.107. The minimum atomic E-state index is -3.81. The minimum absolute atomic E-state index is 0.0788. The molecule has 0 saturated carbocycles. The maximum Gasteiger partial charge on any atom is 0.459 e. The molecule has 2 heterocycles. The summed E-state index contributed by atoms with van der Waals surface area (Å²) in [5.41, 5.74) is 4.90. The molecule has 3 atom stereocenters. The SMILES string of the molecule is NC(=O)c1ncn(C2CCC(COP(=O)(NCC=O)Oc3ccccc3)O2)c1O. The lowest BCUT2D eigenvalue weighted by Gasteiger charge is -2.21. The second kappa shape index (κ2) is 9.19. The van der Waals surface area contributed by atoms with Crippen LogP contribution in [-0.4, -0.2) is 46.1 Å². The monoisotopic (exact) mass is 424 g/mol. The van der Waals surface area contributed by atoms with E-state index in [4.69, 9.17) is 19.5 Å². The van der Waals surface area contributed by atoms with Gasteiger partial charge in [-0.3, -0.25) is 13.9 Å². The van der Waals surface area contributed by atoms with Gasteiger partial charge in [0.2, 0.25) is 5.88 Å². The normalized spacial score (nSPS) is 20.8. The van der Waals surface area contributed by atoms with Crippen LogP contribution in [0.1, 0.15) is 29.6 Å². The zero-order valence-corrected chi connectivity index (χ0v) is 16.2. The molecule has 3 rings (SSSR count). The number of benzene rings is 1. The Hall–Kier alpha value is -2.72. The molecule has 0 bridgehead atoms. The van der Waals surface area contributed by atoms with Crippen molar-refractivity contribution in [1.82, 2.24) is 14.6 Å². The lowest BCUT2D eigenvalue weighted by atomic mass is 10.2. The highest BCUT2D eigenvalue weighted by Gasteiger charge is 2.33. The van der Waals surface area contributed by atoms with E-state index in [1.807, 2.05) is 0 Å². The Morgan fingerprint density at radius 1 is 1.41 bits per heavy atom. The molecular weight excluding hydrogens is 403 g/mol. The van der Waals surface area contributed by atoms with Crippen molar-refractivity contribution >= 4 is 19.9 Å². The Bertz CT molecular complexity index is 904. The number of nitrogens with zero attached hydrogens (tertiary/aromatic N) is 2. The number of amides is 1. The summed E-state index contributed by atoms with van der Waals surface area (Å²) in [4.78, 5) is 25.6. The van der Waals surface area contributed by atoms with Gasteiger partial charge in [-0.1, -0.05) is 18.2 Å². The fourth-order valence-corrected chi connectivity index (χ4v) is 4.08. The van der Waals surface area contributed by atoms with Crippen LogP contribution in [0.25, 0.3) is 0 Å². The largest absolute Gasteiger partial charge is 0.493 e. The van der Waals surface area contributed by atoms with Crippen LogP contribution in [0.2, 0.25) is 0 Å². The van der Waals surface area contributed by atoms with Gasteiger partial charge in [0.15, 0.2) is 5.69 Å². The summed E-state index contributed by atoms with van der Waals surface area (Å²) in [5.74, 6) is -0.907. The minimum Gasteiger partial charge on any atom is -0.493 e. The molecule has 1 aromatic heterocycles. The molecule has 11 nitrogen and oxygen atoms in total. The molecular formula is C17H21N4O7P. The van der Waals surface area contributed by atoms with Gasteiger partial charge in [-0.05, 0) is 25.0 Å². The number of para-hydroxylation sites is 1. The van der Waals surface area contributed by atoms with Crippen molar-refractivity contribution < 1.29 is 33.0 Å². The summed E-state index contributed by atoms with van der Waals surface area (Å²) < 4.78 is 30.9. The number of hydrogen-bond acceptors (Lipinski definition) is 8. The van der Waals surface area contributed by atoms with E-state index in [1.54, 1.807) is 30.3 Å². The molecule has 0 aliphatic carbocycles. The first-order chi connectivity index (χ1) is 13.9. The molecule has 12 heteroatoms. The van der Waals surface area contributed by atoms with Gasteiger partial charge < -0.3 is 24.9 Å². The Kier molecular flexibility index (Phi) is 6.65. The standard InChI is InChI=1S/C17H21N4O7P/c18-16(23)15-17(24)21(11-19-15)14-7-6-13(27-14)10-26-29(25,20-8-9-22)28-12-4-2-1-3-5-12/h1-5,9,11,13-14,24H,6-8,10H2,(H2,18,23)(H,20,25). The number of carbonyl (C=O) groups is 2. The number of hydrogen-bond donors (Lipinski definition) is 3. The third-order valence-corrected chi connectivity index (χ3v) is 5.67. The highest BCUT2D eigenvalue weighted by atomic mass is 31.2. The number of carbonyl (C=O) groups excluding carboxylic acids is 2. The van der Waals surface area contributed by atoms with Crippen LogP contribution in [-0.2, 0) is 18.6 Å². The first-order valence-electron chi connectivity index (χ1n) is 8.81. The van der Waals surface area contributed by atoms with Crippen LogP contribution in [0.15, 0.2) is 36.7 Å². The average molecular weight is 424 g/mol. The molecule has 0 spiro atoms. The molecule has 1 aromatic carbocycles. The molecule has 1 aliphatic rings. The second-order valence-corrected chi connectivity index (χ2v) is 7.96. The molecule has 1 amide bonds. The number of rotatable bonds is 10. The first kappa shape index (κ1) is 21.0. The number of primary amides is 1. The lowest BCUT2D eigenvalue weighted by Crippen LogP contribution is -2.23. The smallest absolute Gasteiger partial charge is 0.459 e. The van der Waals surface area contributed by atoms with E-state index < -0.39 is 26.0 Å². The Morgan fingerprint density at radius 2 is 2.17 bits per heavy atom. The summed E-state index contributed by atoms with van der Waals surface area (Å²) in [7, 11) is -3.81. The number of aldehydes is 1. The van der Waals surface area contributed by atoms with Gasteiger partial charge >= 0.3 is 7.75 Å². The highest BCUT2D eigenvalue weighted by Crippen LogP contribution is 2.45. The van der Waals surface area contributed by atoms with Crippen molar-refractivity contribution in [2.24, 2.45) is 5.73 Å². The second-order valence-electron chi connectivity index (χ2n) is 6.20. The van der Waals surface area contributed by atoms with E-state index in [1.165, 1.54) is 10.9 Å². The van der Waals surface area contributed by atoms with Crippen molar-refractivity contribution in [1.29, 1.82) is 0 Å². The molecule has 1 fully saturated rings. The number of ether oxygens (including phenoxy) is 1. The van der Waals surface area contributed by atoms with E-state index in [9.17, 15) is 19.3 Å². The molecule has 29 heavy (non-hydrogen) atoms. The zero-order valence-electron chi connectivity index (χ0n) is 15.3. The van der Waals surface area contributed by atoms with Crippen LogP contribution in [0, 0.1) is 0 Å². The van der Waals surface area contributed by atoms with Gasteiger partial charge in [0.05, 0.1) is 19.3 Å². The van der Waals surface area contributed by atoms with Crippen LogP contribution in [0.5, 0.6) is 11.6 Å². The maximum absolute atomic E-state index is 12.9. The number of aromatic hydroxyl groups is 1. The number of imidazole rings is 1. The van der Waals surface area contributed by atoms with Crippen LogP contribution >= 0.6 is 7.75 Å². The van der Waals surface area contributed by atoms with Crippen molar-refractivity contribution in [3.05, 3.63) is 42.4 Å². The summed E-state index contributed by atoms with van der Waals surface area (Å²) in [6.45, 7) is -0.290. The fourth-order valence-electron chi connectivity index (χ4n) is 2.81. The van der Waals surface area contributed by atoms with Crippen molar-refractivity contribution in [2.75, 3.05) is 13.2 Å². The molecule has 0 radical (unpaired) electrons. The summed E-state index contributed by atoms with van der Waals surface area (Å²) in [6.07, 6.45) is 1.81. The number of aromatic nitrogens is 2. The summed E-state index contributed by atoms with van der Waals surface area (Å²) >= 11 is 0. The van der Waals surface area contributed by atoms with E-state index in [2.05, 4.69) is 10.1 Å². The molecule has 4 N–H and O–H groups in total. The van der Waals surface area contributed by atoms with E-state index in [0.717, 1.165) is 0 Å². The van der Waals surface area contributed by atoms with Gasteiger partial charge in [-0.2, -0.15) is 0 Å². The number of nitrogens with two attached hydrogens (primary N) is 1. The quantitative estimate of drug-likeness (QED) is 0.379. The van der Waals surface area contributed by atoms with E-state index in [-0.39, 0.29) is 24.7 Å². The first-order valence-corrected chi connectivity index (χ1v) is 10.3. The van der Waals surface area contributed by atoms with Gasteiger partial charge in [0.1, 0.15) is 24.6 Å². The van der Waals surface area contributed by atoms with Gasteiger partial charge in [-0.25, -0.2) is 14.6 Å². The summed E-state index contributed by atoms with van der Waals surface area (Å²) in [6, 6.07) is 8.42. The van der Waals surface area contributed by atoms with Crippen molar-refractivity contribution in [3.8, 4) is 11.6 Å². The topological polar surface area (TPSA) is 155 Å². The molecule has 2 aromatic rings. The Labute approximate surface area is 166 Å². The maximum atomic E-state index is 12.9. The van der Waals surface area contributed by atoms with Crippen LogP contribution < -0.4 is 15.3 Å². The Morgan fingerprint density at radius 3 is 2.83 bits per heavy atom. The molecule has 156 valence electrons. The molecule has 3 unspecified atom stereocenters.